The molecule has 2 aromatic carbocycles. The molecule has 6 heteroatoms. The third kappa shape index (κ3) is 3.81. The molecule has 30 heavy (non-hydrogen) atoms. The van der Waals surface area contributed by atoms with Crippen LogP contribution >= 0.6 is 0 Å². The maximum atomic E-state index is 6.21. The summed E-state index contributed by atoms with van der Waals surface area (Å²) in [5.74, 6) is 3.05. The van der Waals surface area contributed by atoms with Gasteiger partial charge in [0, 0.05) is 49.1 Å². The van der Waals surface area contributed by atoms with Crippen LogP contribution in [0.25, 0.3) is 22.3 Å². The summed E-state index contributed by atoms with van der Waals surface area (Å²) in [7, 11) is 1.62. The van der Waals surface area contributed by atoms with Gasteiger partial charge < -0.3 is 18.8 Å². The van der Waals surface area contributed by atoms with E-state index in [2.05, 4.69) is 27.0 Å². The summed E-state index contributed by atoms with van der Waals surface area (Å²) in [6.45, 7) is 1.71. The Morgan fingerprint density at radius 3 is 2.57 bits per heavy atom. The molecule has 0 unspecified atom stereocenters. The fourth-order valence-corrected chi connectivity index (χ4v) is 3.79. The number of fused-ring (bicyclic) bond motifs is 1. The highest BCUT2D eigenvalue weighted by atomic mass is 16.5. The minimum atomic E-state index is 0.184. The molecule has 0 spiro atoms. The third-order valence-electron chi connectivity index (χ3n) is 5.42. The van der Waals surface area contributed by atoms with Gasteiger partial charge in [-0.3, -0.25) is 0 Å². The lowest BCUT2D eigenvalue weighted by Gasteiger charge is -2.32. The number of aromatic nitrogens is 2. The molecule has 2 aromatic heterocycles. The highest BCUT2D eigenvalue weighted by Gasteiger charge is 2.22. The molecule has 0 bridgehead atoms. The summed E-state index contributed by atoms with van der Waals surface area (Å²) in [6.07, 6.45) is 3.76. The molecule has 5 rings (SSSR count). The van der Waals surface area contributed by atoms with Crippen molar-refractivity contribution in [2.75, 3.05) is 25.1 Å². The minimum Gasteiger partial charge on any atom is -0.490 e. The average molecular weight is 401 g/mol. The zero-order valence-electron chi connectivity index (χ0n) is 16.8. The van der Waals surface area contributed by atoms with Gasteiger partial charge in [-0.1, -0.05) is 18.2 Å². The Morgan fingerprint density at radius 2 is 1.80 bits per heavy atom. The average Bonchev–Trinajstić information content (AvgIpc) is 3.24. The Balaban J connectivity index is 1.20. The van der Waals surface area contributed by atoms with Crippen LogP contribution in [0, 0.1) is 0 Å². The zero-order valence-corrected chi connectivity index (χ0v) is 16.8. The van der Waals surface area contributed by atoms with Crippen LogP contribution in [0.15, 0.2) is 71.3 Å². The number of hydrogen-bond donors (Lipinski definition) is 0. The van der Waals surface area contributed by atoms with Crippen LogP contribution in [0.4, 0.5) is 5.95 Å². The van der Waals surface area contributed by atoms with Gasteiger partial charge in [-0.2, -0.15) is 4.98 Å². The first kappa shape index (κ1) is 18.5. The number of hydrogen-bond acceptors (Lipinski definition) is 6. The Labute approximate surface area is 175 Å². The van der Waals surface area contributed by atoms with Gasteiger partial charge in [0.05, 0.1) is 7.11 Å². The van der Waals surface area contributed by atoms with E-state index in [0.717, 1.165) is 54.0 Å². The van der Waals surface area contributed by atoms with Crippen LogP contribution in [-0.2, 0) is 0 Å². The Bertz CT molecular complexity index is 1100. The normalized spacial score (nSPS) is 14.8. The van der Waals surface area contributed by atoms with E-state index >= 15 is 0 Å². The maximum absolute atomic E-state index is 6.21. The van der Waals surface area contributed by atoms with Gasteiger partial charge in [0.1, 0.15) is 23.2 Å². The van der Waals surface area contributed by atoms with E-state index in [9.17, 15) is 0 Å². The summed E-state index contributed by atoms with van der Waals surface area (Å²) < 4.78 is 17.4. The zero-order chi connectivity index (χ0) is 20.3. The first-order chi connectivity index (χ1) is 14.8. The molecule has 0 amide bonds. The number of furan rings is 1. The SMILES string of the molecule is COc1ccnc(N2CCC(Oc3ccc(-c4cc5ccccc5o4)cc3)CC2)n1. The smallest absolute Gasteiger partial charge is 0.228 e. The van der Waals surface area contributed by atoms with Crippen LogP contribution in [0.3, 0.4) is 0 Å². The fraction of sp³-hybridized carbons (Fsp3) is 0.250. The van der Waals surface area contributed by atoms with Gasteiger partial charge in [-0.15, -0.1) is 0 Å². The molecule has 0 radical (unpaired) electrons. The highest BCUT2D eigenvalue weighted by molar-refractivity contribution is 5.82. The number of para-hydroxylation sites is 1. The van der Waals surface area contributed by atoms with Crippen LogP contribution in [0.5, 0.6) is 11.6 Å². The van der Waals surface area contributed by atoms with E-state index in [0.29, 0.717) is 11.8 Å². The number of methoxy groups -OCH3 is 1. The second-order valence-electron chi connectivity index (χ2n) is 7.38. The first-order valence-corrected chi connectivity index (χ1v) is 10.2. The largest absolute Gasteiger partial charge is 0.490 e. The second-order valence-corrected chi connectivity index (χ2v) is 7.38. The Morgan fingerprint density at radius 1 is 1.00 bits per heavy atom. The lowest BCUT2D eigenvalue weighted by molar-refractivity contribution is 0.170. The molecular formula is C24H23N3O3. The molecule has 1 aliphatic heterocycles. The standard InChI is InChI=1S/C24H23N3O3/c1-28-23-10-13-25-24(26-23)27-14-11-20(12-15-27)29-19-8-6-17(7-9-19)22-16-18-4-2-3-5-21(18)30-22/h2-10,13,16,20H,11-12,14-15H2,1H3. The van der Waals surface area contributed by atoms with Gasteiger partial charge in [0.2, 0.25) is 11.8 Å². The summed E-state index contributed by atoms with van der Waals surface area (Å²) in [6, 6.07) is 20.0. The van der Waals surface area contributed by atoms with Gasteiger partial charge >= 0.3 is 0 Å². The van der Waals surface area contributed by atoms with Crippen molar-refractivity contribution >= 4 is 16.9 Å². The summed E-state index contributed by atoms with van der Waals surface area (Å²) >= 11 is 0. The van der Waals surface area contributed by atoms with E-state index in [1.807, 2.05) is 42.5 Å². The monoisotopic (exact) mass is 401 g/mol. The number of rotatable bonds is 5. The van der Waals surface area contributed by atoms with Gasteiger partial charge in [-0.05, 0) is 36.4 Å². The molecule has 0 aliphatic carbocycles. The second kappa shape index (κ2) is 8.06. The molecular weight excluding hydrogens is 378 g/mol. The molecule has 1 aliphatic rings. The van der Waals surface area contributed by atoms with Crippen molar-refractivity contribution < 1.29 is 13.9 Å². The molecule has 152 valence electrons. The number of ether oxygens (including phenoxy) is 2. The van der Waals surface area contributed by atoms with Gasteiger partial charge in [-0.25, -0.2) is 4.98 Å². The van der Waals surface area contributed by atoms with Crippen molar-refractivity contribution in [1.82, 2.24) is 9.97 Å². The number of piperidine rings is 1. The predicted octanol–water partition coefficient (Wildman–Crippen LogP) is 4.95. The topological polar surface area (TPSA) is 60.6 Å². The van der Waals surface area contributed by atoms with E-state index in [-0.39, 0.29) is 6.10 Å². The molecule has 6 nitrogen and oxygen atoms in total. The van der Waals surface area contributed by atoms with Crippen molar-refractivity contribution in [3.8, 4) is 23.0 Å². The van der Waals surface area contributed by atoms with E-state index in [1.54, 1.807) is 19.4 Å². The van der Waals surface area contributed by atoms with E-state index in [1.165, 1.54) is 0 Å². The molecule has 1 fully saturated rings. The van der Waals surface area contributed by atoms with Crippen LogP contribution in [-0.4, -0.2) is 36.3 Å². The number of benzene rings is 2. The highest BCUT2D eigenvalue weighted by Crippen LogP contribution is 2.29. The Kier molecular flexibility index (Phi) is 4.97. The lowest BCUT2D eigenvalue weighted by atomic mass is 10.1. The summed E-state index contributed by atoms with van der Waals surface area (Å²) in [4.78, 5) is 11.0. The predicted molar refractivity (Wildman–Crippen MR) is 116 cm³/mol. The molecule has 4 aromatic rings. The summed E-state index contributed by atoms with van der Waals surface area (Å²) in [5.41, 5.74) is 1.95. The quantitative estimate of drug-likeness (QED) is 0.472. The van der Waals surface area contributed by atoms with Crippen molar-refractivity contribution in [3.63, 3.8) is 0 Å². The molecule has 0 N–H and O–H groups in total. The van der Waals surface area contributed by atoms with Crippen LogP contribution < -0.4 is 14.4 Å². The molecule has 3 heterocycles. The lowest BCUT2D eigenvalue weighted by Crippen LogP contribution is -2.39. The van der Waals surface area contributed by atoms with Crippen LogP contribution in [0.1, 0.15) is 12.8 Å². The van der Waals surface area contributed by atoms with Crippen LogP contribution in [0.2, 0.25) is 0 Å². The van der Waals surface area contributed by atoms with E-state index < -0.39 is 0 Å². The fourth-order valence-electron chi connectivity index (χ4n) is 3.79. The van der Waals surface area contributed by atoms with E-state index in [4.69, 9.17) is 13.9 Å². The molecule has 0 atom stereocenters. The van der Waals surface area contributed by atoms with Crippen molar-refractivity contribution in [2.24, 2.45) is 0 Å². The number of anilines is 1. The molecule has 0 saturated carbocycles. The number of nitrogens with zero attached hydrogens (tertiary/aromatic N) is 3. The van der Waals surface area contributed by atoms with Crippen molar-refractivity contribution in [1.29, 1.82) is 0 Å². The first-order valence-electron chi connectivity index (χ1n) is 10.2. The summed E-state index contributed by atoms with van der Waals surface area (Å²) in [5, 5.41) is 1.11. The maximum Gasteiger partial charge on any atom is 0.228 e. The van der Waals surface area contributed by atoms with Gasteiger partial charge in [0.15, 0.2) is 0 Å². The van der Waals surface area contributed by atoms with Crippen molar-refractivity contribution in [2.45, 2.75) is 18.9 Å². The minimum absolute atomic E-state index is 0.184. The molecule has 1 saturated heterocycles. The van der Waals surface area contributed by atoms with Crippen molar-refractivity contribution in [3.05, 3.63) is 66.9 Å². The third-order valence-corrected chi connectivity index (χ3v) is 5.42. The van der Waals surface area contributed by atoms with Gasteiger partial charge in [0.25, 0.3) is 0 Å². The Hall–Kier alpha value is -3.54.